The van der Waals surface area contributed by atoms with E-state index in [2.05, 4.69) is 5.32 Å². The molecule has 0 aliphatic rings. The van der Waals surface area contributed by atoms with Crippen molar-refractivity contribution in [2.24, 2.45) is 0 Å². The zero-order valence-electron chi connectivity index (χ0n) is 18.2. The summed E-state index contributed by atoms with van der Waals surface area (Å²) in [7, 11) is -3.50. The van der Waals surface area contributed by atoms with Gasteiger partial charge in [0.2, 0.25) is 15.9 Å². The number of amides is 1. The molecule has 0 aliphatic heterocycles. The Labute approximate surface area is 194 Å². The van der Waals surface area contributed by atoms with Crippen molar-refractivity contribution in [3.63, 3.8) is 0 Å². The van der Waals surface area contributed by atoms with Crippen LogP contribution >= 0.6 is 11.6 Å². The molecule has 3 aromatic carbocycles. The molecule has 0 heterocycles. The van der Waals surface area contributed by atoms with Crippen molar-refractivity contribution in [2.45, 2.75) is 19.8 Å². The van der Waals surface area contributed by atoms with E-state index in [1.54, 1.807) is 18.2 Å². The average molecular weight is 475 g/mol. The molecule has 0 radical (unpaired) electrons. The number of fused-ring (bicyclic) bond motifs is 1. The van der Waals surface area contributed by atoms with Crippen LogP contribution in [-0.4, -0.2) is 40.3 Å². The normalized spacial score (nSPS) is 11.3. The number of nitrogens with one attached hydrogen (secondary N) is 1. The minimum Gasteiger partial charge on any atom is -0.491 e. The highest BCUT2D eigenvalue weighted by Gasteiger charge is 2.19. The lowest BCUT2D eigenvalue weighted by Gasteiger charge is -2.24. The molecular weight excluding hydrogens is 448 g/mol. The highest BCUT2D eigenvalue weighted by atomic mass is 35.5. The van der Waals surface area contributed by atoms with E-state index in [9.17, 15) is 13.2 Å². The molecule has 0 unspecified atom stereocenters. The molecule has 0 bridgehead atoms. The van der Waals surface area contributed by atoms with Crippen LogP contribution in [0.1, 0.15) is 18.4 Å². The van der Waals surface area contributed by atoms with Gasteiger partial charge in [-0.1, -0.05) is 54.1 Å². The Kier molecular flexibility index (Phi) is 7.99. The number of hydrogen-bond acceptors (Lipinski definition) is 4. The molecule has 0 saturated heterocycles. The molecule has 0 spiro atoms. The lowest BCUT2D eigenvalue weighted by Crippen LogP contribution is -2.33. The summed E-state index contributed by atoms with van der Waals surface area (Å²) < 4.78 is 31.7. The predicted octanol–water partition coefficient (Wildman–Crippen LogP) is 4.54. The van der Waals surface area contributed by atoms with E-state index in [-0.39, 0.29) is 18.9 Å². The van der Waals surface area contributed by atoms with Gasteiger partial charge in [0.05, 0.1) is 18.5 Å². The van der Waals surface area contributed by atoms with Crippen LogP contribution in [0.25, 0.3) is 10.8 Å². The number of carbonyl (C=O) groups excluding carboxylic acids is 1. The summed E-state index contributed by atoms with van der Waals surface area (Å²) in [5.41, 5.74) is 1.33. The molecule has 3 aromatic rings. The summed E-state index contributed by atoms with van der Waals surface area (Å²) in [6, 6.07) is 18.9. The Morgan fingerprint density at radius 1 is 1.09 bits per heavy atom. The minimum absolute atomic E-state index is 0.150. The maximum absolute atomic E-state index is 12.3. The van der Waals surface area contributed by atoms with E-state index < -0.39 is 10.0 Å². The lowest BCUT2D eigenvalue weighted by atomic mass is 10.1. The van der Waals surface area contributed by atoms with E-state index >= 15 is 0 Å². The molecule has 3 rings (SSSR count). The molecule has 0 fully saturated rings. The molecule has 0 aromatic heterocycles. The number of sulfonamides is 1. The first-order chi connectivity index (χ1) is 15.3. The molecule has 170 valence electrons. The summed E-state index contributed by atoms with van der Waals surface area (Å²) >= 11 is 6.05. The second-order valence-electron chi connectivity index (χ2n) is 7.55. The van der Waals surface area contributed by atoms with E-state index in [4.69, 9.17) is 16.3 Å². The van der Waals surface area contributed by atoms with E-state index in [1.807, 2.05) is 49.4 Å². The van der Waals surface area contributed by atoms with Gasteiger partial charge in [0.25, 0.3) is 0 Å². The molecule has 8 heteroatoms. The first-order valence-corrected chi connectivity index (χ1v) is 12.6. The predicted molar refractivity (Wildman–Crippen MR) is 130 cm³/mol. The highest BCUT2D eigenvalue weighted by Crippen LogP contribution is 2.27. The third kappa shape index (κ3) is 6.37. The van der Waals surface area contributed by atoms with Crippen molar-refractivity contribution in [3.8, 4) is 5.75 Å². The Morgan fingerprint density at radius 2 is 1.84 bits per heavy atom. The SMILES string of the molecule is Cc1ccc(Cl)cc1N(CCCC(=O)NCCOc1cccc2ccccc12)S(C)(=O)=O. The highest BCUT2D eigenvalue weighted by molar-refractivity contribution is 7.92. The zero-order valence-corrected chi connectivity index (χ0v) is 19.7. The van der Waals surface area contributed by atoms with Crippen molar-refractivity contribution in [2.75, 3.05) is 30.3 Å². The van der Waals surface area contributed by atoms with Gasteiger partial charge >= 0.3 is 0 Å². The van der Waals surface area contributed by atoms with Gasteiger partial charge in [0, 0.05) is 23.4 Å². The third-order valence-corrected chi connectivity index (χ3v) is 6.45. The van der Waals surface area contributed by atoms with Crippen LogP contribution in [0.15, 0.2) is 60.7 Å². The Morgan fingerprint density at radius 3 is 2.62 bits per heavy atom. The molecule has 6 nitrogen and oxygen atoms in total. The standard InChI is InChI=1S/C24H27ClN2O4S/c1-18-12-13-20(25)17-22(18)27(32(2,29)30)15-6-11-24(28)26-14-16-31-23-10-5-8-19-7-3-4-9-21(19)23/h3-5,7-10,12-13,17H,6,11,14-16H2,1-2H3,(H,26,28). The number of ether oxygens (including phenoxy) is 1. The van der Waals surface area contributed by atoms with Crippen LogP contribution in [0, 0.1) is 6.92 Å². The smallest absolute Gasteiger partial charge is 0.232 e. The lowest BCUT2D eigenvalue weighted by molar-refractivity contribution is -0.121. The van der Waals surface area contributed by atoms with Gasteiger partial charge in [-0.2, -0.15) is 0 Å². The van der Waals surface area contributed by atoms with Crippen molar-refractivity contribution in [1.82, 2.24) is 5.32 Å². The molecule has 1 N–H and O–H groups in total. The number of carbonyl (C=O) groups is 1. The summed E-state index contributed by atoms with van der Waals surface area (Å²) in [6.45, 7) is 2.73. The van der Waals surface area contributed by atoms with Crippen molar-refractivity contribution in [3.05, 3.63) is 71.2 Å². The number of aryl methyl sites for hydroxylation is 1. The number of rotatable bonds is 10. The van der Waals surface area contributed by atoms with E-state index in [0.29, 0.717) is 30.3 Å². The van der Waals surface area contributed by atoms with Crippen molar-refractivity contribution >= 4 is 44.0 Å². The maximum atomic E-state index is 12.3. The van der Waals surface area contributed by atoms with Gasteiger partial charge in [0.15, 0.2) is 0 Å². The summed E-state index contributed by atoms with van der Waals surface area (Å²) in [5.74, 6) is 0.626. The van der Waals surface area contributed by atoms with Gasteiger partial charge in [-0.3, -0.25) is 9.10 Å². The van der Waals surface area contributed by atoms with Gasteiger partial charge in [0.1, 0.15) is 12.4 Å². The van der Waals surface area contributed by atoms with Crippen LogP contribution in [-0.2, 0) is 14.8 Å². The van der Waals surface area contributed by atoms with Crippen LogP contribution in [0.2, 0.25) is 5.02 Å². The van der Waals surface area contributed by atoms with Gasteiger partial charge < -0.3 is 10.1 Å². The molecule has 0 saturated carbocycles. The summed E-state index contributed by atoms with van der Waals surface area (Å²) in [5, 5.41) is 5.41. The minimum atomic E-state index is -3.50. The fourth-order valence-corrected chi connectivity index (χ4v) is 4.64. The largest absolute Gasteiger partial charge is 0.491 e. The van der Waals surface area contributed by atoms with Crippen LogP contribution < -0.4 is 14.4 Å². The van der Waals surface area contributed by atoms with Crippen LogP contribution in [0.4, 0.5) is 5.69 Å². The number of nitrogens with zero attached hydrogens (tertiary/aromatic N) is 1. The zero-order chi connectivity index (χ0) is 23.1. The topological polar surface area (TPSA) is 75.7 Å². The van der Waals surface area contributed by atoms with Crippen molar-refractivity contribution in [1.29, 1.82) is 0 Å². The van der Waals surface area contributed by atoms with Crippen LogP contribution in [0.3, 0.4) is 0 Å². The summed E-state index contributed by atoms with van der Waals surface area (Å²) in [6.07, 6.45) is 1.74. The first-order valence-electron chi connectivity index (χ1n) is 10.4. The second kappa shape index (κ2) is 10.7. The van der Waals surface area contributed by atoms with Gasteiger partial charge in [-0.05, 0) is 42.5 Å². The molecule has 0 aliphatic carbocycles. The van der Waals surface area contributed by atoms with Gasteiger partial charge in [-0.25, -0.2) is 8.42 Å². The Balaban J connectivity index is 1.47. The fourth-order valence-electron chi connectivity index (χ4n) is 3.46. The molecule has 1 amide bonds. The third-order valence-electron chi connectivity index (χ3n) is 5.04. The maximum Gasteiger partial charge on any atom is 0.232 e. The quantitative estimate of drug-likeness (QED) is 0.437. The Bertz CT molecular complexity index is 1190. The number of hydrogen-bond donors (Lipinski definition) is 1. The second-order valence-corrected chi connectivity index (χ2v) is 9.89. The first kappa shape index (κ1) is 23.9. The number of anilines is 1. The molecule has 32 heavy (non-hydrogen) atoms. The number of benzene rings is 3. The molecule has 0 atom stereocenters. The van der Waals surface area contributed by atoms with E-state index in [1.165, 1.54) is 4.31 Å². The molecular formula is C24H27ClN2O4S. The van der Waals surface area contributed by atoms with Crippen molar-refractivity contribution < 1.29 is 17.9 Å². The van der Waals surface area contributed by atoms with Gasteiger partial charge in [-0.15, -0.1) is 0 Å². The summed E-state index contributed by atoms with van der Waals surface area (Å²) in [4.78, 5) is 12.2. The average Bonchev–Trinajstić information content (AvgIpc) is 2.75. The fraction of sp³-hybridized carbons (Fsp3) is 0.292. The van der Waals surface area contributed by atoms with Crippen LogP contribution in [0.5, 0.6) is 5.75 Å². The van der Waals surface area contributed by atoms with E-state index in [0.717, 1.165) is 28.3 Å². The number of halogens is 1. The Hall–Kier alpha value is -2.77. The monoisotopic (exact) mass is 474 g/mol.